The maximum Gasteiger partial charge on any atom is 0.144 e. The van der Waals surface area contributed by atoms with Gasteiger partial charge >= 0.3 is 0 Å². The van der Waals surface area contributed by atoms with Crippen molar-refractivity contribution in [3.8, 4) is 0 Å². The lowest BCUT2D eigenvalue weighted by atomic mass is 10.3. The van der Waals surface area contributed by atoms with Gasteiger partial charge in [0.1, 0.15) is 28.5 Å². The number of hydrogen-bond donors (Lipinski definition) is 0. The van der Waals surface area contributed by atoms with Gasteiger partial charge < -0.3 is 17.0 Å². The Morgan fingerprint density at radius 3 is 0.692 bits per heavy atom. The zero-order chi connectivity index (χ0) is 17.0. The normalized spacial score (nSPS) is 10.8. The van der Waals surface area contributed by atoms with E-state index >= 15 is 0 Å². The molecule has 4 aromatic carbocycles. The molecule has 0 saturated heterocycles. The van der Waals surface area contributed by atoms with Crippen LogP contribution >= 0.6 is 7.26 Å². The van der Waals surface area contributed by atoms with Gasteiger partial charge in [-0.25, -0.2) is 0 Å². The van der Waals surface area contributed by atoms with Gasteiger partial charge in [-0.1, -0.05) is 72.8 Å². The summed E-state index contributed by atoms with van der Waals surface area (Å²) in [7, 11) is -1.91. The van der Waals surface area contributed by atoms with E-state index in [1.165, 1.54) is 21.2 Å². The average molecular weight is 419 g/mol. The third kappa shape index (κ3) is 3.26. The largest absolute Gasteiger partial charge is 1.00 e. The van der Waals surface area contributed by atoms with E-state index in [4.69, 9.17) is 0 Å². The molecule has 0 aromatic heterocycles. The Morgan fingerprint density at radius 2 is 0.500 bits per heavy atom. The molecule has 0 atom stereocenters. The SMILES string of the molecule is [Br-].c1ccc([P+](c2ccccc2)(c2ccccc2)c2ccccc2)cc1. The first-order chi connectivity index (χ1) is 12.4. The van der Waals surface area contributed by atoms with Gasteiger partial charge in [0.2, 0.25) is 0 Å². The highest BCUT2D eigenvalue weighted by Gasteiger charge is 2.47. The Kier molecular flexibility index (Phi) is 6.04. The summed E-state index contributed by atoms with van der Waals surface area (Å²) < 4.78 is 0. The summed E-state index contributed by atoms with van der Waals surface area (Å²) in [6.45, 7) is 0. The number of halogens is 1. The van der Waals surface area contributed by atoms with Crippen LogP contribution in [0.3, 0.4) is 0 Å². The first-order valence-electron chi connectivity index (χ1n) is 8.54. The molecule has 0 radical (unpaired) electrons. The molecule has 128 valence electrons. The third-order valence-electron chi connectivity index (χ3n) is 4.57. The van der Waals surface area contributed by atoms with Gasteiger partial charge in [0.25, 0.3) is 0 Å². The van der Waals surface area contributed by atoms with Gasteiger partial charge in [-0.15, -0.1) is 0 Å². The van der Waals surface area contributed by atoms with Crippen molar-refractivity contribution in [1.29, 1.82) is 0 Å². The van der Waals surface area contributed by atoms with Gasteiger partial charge in [0.15, 0.2) is 0 Å². The molecule has 0 aliphatic rings. The van der Waals surface area contributed by atoms with Gasteiger partial charge in [-0.3, -0.25) is 0 Å². The Morgan fingerprint density at radius 1 is 0.308 bits per heavy atom. The molecule has 0 N–H and O–H groups in total. The molecule has 0 aliphatic carbocycles. The van der Waals surface area contributed by atoms with Crippen LogP contribution in [0.4, 0.5) is 0 Å². The fourth-order valence-electron chi connectivity index (χ4n) is 3.50. The van der Waals surface area contributed by atoms with Crippen molar-refractivity contribution < 1.29 is 17.0 Å². The van der Waals surface area contributed by atoms with E-state index in [-0.39, 0.29) is 17.0 Å². The van der Waals surface area contributed by atoms with Crippen LogP contribution in [0.1, 0.15) is 0 Å². The highest BCUT2D eigenvalue weighted by molar-refractivity contribution is 8.01. The molecule has 2 heteroatoms. The van der Waals surface area contributed by atoms with E-state index in [1.54, 1.807) is 0 Å². The molecule has 4 rings (SSSR count). The Bertz CT molecular complexity index is 759. The first kappa shape index (κ1) is 18.6. The monoisotopic (exact) mass is 418 g/mol. The van der Waals surface area contributed by atoms with Crippen molar-refractivity contribution in [3.05, 3.63) is 121 Å². The van der Waals surface area contributed by atoms with Crippen molar-refractivity contribution >= 4 is 28.5 Å². The van der Waals surface area contributed by atoms with Crippen LogP contribution in [0.5, 0.6) is 0 Å². The molecule has 0 fully saturated rings. The highest BCUT2D eigenvalue weighted by atomic mass is 79.9. The predicted octanol–water partition coefficient (Wildman–Crippen LogP) is 1.31. The van der Waals surface area contributed by atoms with E-state index in [9.17, 15) is 0 Å². The zero-order valence-corrected chi connectivity index (χ0v) is 16.9. The maximum absolute atomic E-state index is 2.28. The molecule has 0 aliphatic heterocycles. The molecule has 0 heterocycles. The smallest absolute Gasteiger partial charge is 0.144 e. The van der Waals surface area contributed by atoms with E-state index in [2.05, 4.69) is 121 Å². The molecule has 26 heavy (non-hydrogen) atoms. The summed E-state index contributed by atoms with van der Waals surface area (Å²) in [6, 6.07) is 43.8. The second-order valence-electron chi connectivity index (χ2n) is 6.01. The lowest BCUT2D eigenvalue weighted by Gasteiger charge is -2.27. The van der Waals surface area contributed by atoms with Crippen LogP contribution in [-0.4, -0.2) is 0 Å². The molecular weight excluding hydrogens is 399 g/mol. The Balaban J connectivity index is 0.00000196. The summed E-state index contributed by atoms with van der Waals surface area (Å²) in [5, 5.41) is 5.55. The molecule has 0 amide bonds. The van der Waals surface area contributed by atoms with Crippen molar-refractivity contribution in [1.82, 2.24) is 0 Å². The standard InChI is InChI=1S/C24H20P.BrH/c1-5-13-21(14-6-1)25(22-15-7-2-8-16-22,23-17-9-3-10-18-23)24-19-11-4-12-20-24;/h1-20H;1H/q+1;/p-1. The fraction of sp³-hybridized carbons (Fsp3) is 0. The molecule has 0 unspecified atom stereocenters. The summed E-state index contributed by atoms with van der Waals surface area (Å²) in [6.07, 6.45) is 0. The summed E-state index contributed by atoms with van der Waals surface area (Å²) in [4.78, 5) is 0. The topological polar surface area (TPSA) is 0 Å². The fourth-order valence-corrected chi connectivity index (χ4v) is 7.77. The van der Waals surface area contributed by atoms with Gasteiger partial charge in [-0.05, 0) is 48.5 Å². The molecule has 0 nitrogen and oxygen atoms in total. The zero-order valence-electron chi connectivity index (χ0n) is 14.4. The number of hydrogen-bond acceptors (Lipinski definition) is 0. The van der Waals surface area contributed by atoms with E-state index in [1.807, 2.05) is 0 Å². The van der Waals surface area contributed by atoms with Crippen LogP contribution in [0.2, 0.25) is 0 Å². The van der Waals surface area contributed by atoms with E-state index in [0.29, 0.717) is 0 Å². The van der Waals surface area contributed by atoms with Crippen molar-refractivity contribution in [2.75, 3.05) is 0 Å². The molecular formula is C24H20BrP. The lowest BCUT2D eigenvalue weighted by Crippen LogP contribution is -3.00. The number of benzene rings is 4. The van der Waals surface area contributed by atoms with Crippen LogP contribution in [-0.2, 0) is 0 Å². The molecule has 4 aromatic rings. The van der Waals surface area contributed by atoms with E-state index < -0.39 is 7.26 Å². The first-order valence-corrected chi connectivity index (χ1v) is 10.3. The third-order valence-corrected chi connectivity index (χ3v) is 8.86. The molecule has 0 bridgehead atoms. The van der Waals surface area contributed by atoms with Crippen LogP contribution in [0, 0.1) is 0 Å². The minimum absolute atomic E-state index is 0. The lowest BCUT2D eigenvalue weighted by molar-refractivity contribution is -0.00000473. The van der Waals surface area contributed by atoms with Crippen LogP contribution in [0.15, 0.2) is 121 Å². The van der Waals surface area contributed by atoms with Gasteiger partial charge in [0.05, 0.1) is 0 Å². The number of rotatable bonds is 4. The van der Waals surface area contributed by atoms with Gasteiger partial charge in [0, 0.05) is 0 Å². The van der Waals surface area contributed by atoms with E-state index in [0.717, 1.165) is 0 Å². The minimum Gasteiger partial charge on any atom is -1.00 e. The summed E-state index contributed by atoms with van der Waals surface area (Å²) in [5.41, 5.74) is 0. The van der Waals surface area contributed by atoms with Gasteiger partial charge in [-0.2, -0.15) is 0 Å². The quantitative estimate of drug-likeness (QED) is 0.438. The predicted molar refractivity (Wildman–Crippen MR) is 111 cm³/mol. The Hall–Kier alpha value is -2.21. The van der Waals surface area contributed by atoms with Crippen molar-refractivity contribution in [2.24, 2.45) is 0 Å². The Labute approximate surface area is 166 Å². The second kappa shape index (κ2) is 8.45. The van der Waals surface area contributed by atoms with Crippen molar-refractivity contribution in [2.45, 2.75) is 0 Å². The highest BCUT2D eigenvalue weighted by Crippen LogP contribution is 2.53. The molecule has 0 saturated carbocycles. The average Bonchev–Trinajstić information content (AvgIpc) is 2.72. The summed E-state index contributed by atoms with van der Waals surface area (Å²) in [5.74, 6) is 0. The molecule has 0 spiro atoms. The summed E-state index contributed by atoms with van der Waals surface area (Å²) >= 11 is 0. The minimum atomic E-state index is -1.91. The van der Waals surface area contributed by atoms with Crippen LogP contribution < -0.4 is 38.2 Å². The second-order valence-corrected chi connectivity index (χ2v) is 9.42. The maximum atomic E-state index is 2.28. The van der Waals surface area contributed by atoms with Crippen LogP contribution in [0.25, 0.3) is 0 Å². The van der Waals surface area contributed by atoms with Crippen molar-refractivity contribution in [3.63, 3.8) is 0 Å².